The van der Waals surface area contributed by atoms with E-state index in [9.17, 15) is 18.0 Å². The van der Waals surface area contributed by atoms with Gasteiger partial charge in [0.1, 0.15) is 11.5 Å². The molecule has 0 saturated carbocycles. The van der Waals surface area contributed by atoms with Gasteiger partial charge in [-0.15, -0.1) is 0 Å². The van der Waals surface area contributed by atoms with Gasteiger partial charge in [0.15, 0.2) is 5.17 Å². The van der Waals surface area contributed by atoms with Gasteiger partial charge in [-0.2, -0.15) is 18.2 Å². The molecule has 2 atom stereocenters. The van der Waals surface area contributed by atoms with Crippen molar-refractivity contribution < 1.29 is 27.1 Å². The van der Waals surface area contributed by atoms with Crippen LogP contribution in [0.3, 0.4) is 0 Å². The maximum atomic E-state index is 12.9. The van der Waals surface area contributed by atoms with Gasteiger partial charge in [-0.1, -0.05) is 12.1 Å². The fourth-order valence-corrected chi connectivity index (χ4v) is 4.34. The predicted molar refractivity (Wildman–Crippen MR) is 109 cm³/mol. The van der Waals surface area contributed by atoms with Crippen molar-refractivity contribution in [1.82, 2.24) is 4.90 Å². The molecule has 0 N–H and O–H groups in total. The van der Waals surface area contributed by atoms with Crippen LogP contribution in [-0.4, -0.2) is 41.3 Å². The molecule has 2 aliphatic rings. The SMILES string of the molecule is CC1CN(C2=NC(=O)/C(=C\c3ccc(-c4cccc(C(F)(F)F)c4)o3)S2)CC(C)O1. The van der Waals surface area contributed by atoms with Crippen LogP contribution in [0.4, 0.5) is 13.2 Å². The molecule has 1 aromatic heterocycles. The smallest absolute Gasteiger partial charge is 0.416 e. The van der Waals surface area contributed by atoms with E-state index in [4.69, 9.17) is 9.15 Å². The highest BCUT2D eigenvalue weighted by Gasteiger charge is 2.32. The van der Waals surface area contributed by atoms with Crippen LogP contribution >= 0.6 is 11.8 Å². The number of carbonyl (C=O) groups excluding carboxylic acids is 1. The average molecular weight is 436 g/mol. The largest absolute Gasteiger partial charge is 0.457 e. The van der Waals surface area contributed by atoms with Crippen LogP contribution in [0, 0.1) is 0 Å². The first-order chi connectivity index (χ1) is 14.2. The molecule has 1 fully saturated rings. The van der Waals surface area contributed by atoms with Gasteiger partial charge in [-0.3, -0.25) is 4.79 Å². The lowest BCUT2D eigenvalue weighted by Gasteiger charge is -2.35. The molecule has 0 radical (unpaired) electrons. The second-order valence-electron chi connectivity index (χ2n) is 7.25. The second-order valence-corrected chi connectivity index (χ2v) is 8.26. The standard InChI is InChI=1S/C21H19F3N2O3S/c1-12-10-26(11-13(2)28-12)20-25-19(27)18(30-20)9-16-6-7-17(29-16)14-4-3-5-15(8-14)21(22,23)24/h3-9,12-13H,10-11H2,1-2H3/b18-9+. The highest BCUT2D eigenvalue weighted by atomic mass is 32.2. The number of halogens is 3. The molecule has 9 heteroatoms. The second kappa shape index (κ2) is 7.96. The summed E-state index contributed by atoms with van der Waals surface area (Å²) in [6.45, 7) is 5.24. The lowest BCUT2D eigenvalue weighted by molar-refractivity contribution is -0.137. The molecule has 1 saturated heterocycles. The molecule has 5 nitrogen and oxygen atoms in total. The highest BCUT2D eigenvalue weighted by molar-refractivity contribution is 8.18. The van der Waals surface area contributed by atoms with E-state index in [1.807, 2.05) is 18.7 Å². The van der Waals surface area contributed by atoms with Crippen LogP contribution in [0.1, 0.15) is 25.2 Å². The van der Waals surface area contributed by atoms with Crippen LogP contribution in [0.15, 0.2) is 50.7 Å². The quantitative estimate of drug-likeness (QED) is 0.617. The Morgan fingerprint density at radius 1 is 1.17 bits per heavy atom. The number of amidine groups is 1. The third-order valence-electron chi connectivity index (χ3n) is 4.67. The Hall–Kier alpha value is -2.52. The molecule has 4 rings (SSSR count). The number of carbonyl (C=O) groups is 1. The van der Waals surface area contributed by atoms with Crippen molar-refractivity contribution in [3.63, 3.8) is 0 Å². The first-order valence-corrected chi connectivity index (χ1v) is 10.2. The highest BCUT2D eigenvalue weighted by Crippen LogP contribution is 2.35. The summed E-state index contributed by atoms with van der Waals surface area (Å²) in [6.07, 6.45) is -2.78. The number of aliphatic imine (C=N–C) groups is 1. The molecule has 2 aromatic rings. The molecule has 1 amide bonds. The summed E-state index contributed by atoms with van der Waals surface area (Å²) in [5.74, 6) is 0.303. The Balaban J connectivity index is 1.51. The van der Waals surface area contributed by atoms with Crippen LogP contribution in [0.5, 0.6) is 0 Å². The summed E-state index contributed by atoms with van der Waals surface area (Å²) in [5.41, 5.74) is -0.432. The van der Waals surface area contributed by atoms with E-state index in [1.165, 1.54) is 17.8 Å². The van der Waals surface area contributed by atoms with Gasteiger partial charge in [0.05, 0.1) is 22.7 Å². The minimum Gasteiger partial charge on any atom is -0.457 e. The molecule has 3 heterocycles. The summed E-state index contributed by atoms with van der Waals surface area (Å²) in [4.78, 5) is 18.9. The minimum absolute atomic E-state index is 0.0419. The Morgan fingerprint density at radius 2 is 1.90 bits per heavy atom. The average Bonchev–Trinajstić information content (AvgIpc) is 3.28. The first kappa shape index (κ1) is 20.7. The zero-order valence-electron chi connectivity index (χ0n) is 16.3. The number of thioether (sulfide) groups is 1. The van der Waals surface area contributed by atoms with Gasteiger partial charge < -0.3 is 14.1 Å². The summed E-state index contributed by atoms with van der Waals surface area (Å²) in [5, 5.41) is 0.623. The number of rotatable bonds is 2. The van der Waals surface area contributed by atoms with Gasteiger partial charge in [0, 0.05) is 24.7 Å². The molecule has 1 aromatic carbocycles. The van der Waals surface area contributed by atoms with E-state index < -0.39 is 11.7 Å². The molecular formula is C21H19F3N2O3S. The molecular weight excluding hydrogens is 417 g/mol. The van der Waals surface area contributed by atoms with Crippen molar-refractivity contribution in [2.75, 3.05) is 13.1 Å². The number of benzene rings is 1. The molecule has 0 bridgehead atoms. The van der Waals surface area contributed by atoms with E-state index >= 15 is 0 Å². The van der Waals surface area contributed by atoms with Crippen molar-refractivity contribution in [2.45, 2.75) is 32.2 Å². The summed E-state index contributed by atoms with van der Waals surface area (Å²) >= 11 is 1.26. The van der Waals surface area contributed by atoms with E-state index in [-0.39, 0.29) is 18.1 Å². The van der Waals surface area contributed by atoms with Crippen molar-refractivity contribution in [3.05, 3.63) is 52.6 Å². The number of nitrogens with zero attached hydrogens (tertiary/aromatic N) is 2. The van der Waals surface area contributed by atoms with E-state index in [0.717, 1.165) is 12.1 Å². The van der Waals surface area contributed by atoms with Crippen LogP contribution in [0.2, 0.25) is 0 Å². The maximum Gasteiger partial charge on any atom is 0.416 e. The van der Waals surface area contributed by atoms with Crippen molar-refractivity contribution in [2.24, 2.45) is 4.99 Å². The summed E-state index contributed by atoms with van der Waals surface area (Å²) in [7, 11) is 0. The minimum atomic E-state index is -4.43. The fourth-order valence-electron chi connectivity index (χ4n) is 3.43. The van der Waals surface area contributed by atoms with Gasteiger partial charge in [-0.05, 0) is 49.9 Å². The number of hydrogen-bond donors (Lipinski definition) is 0. The molecule has 30 heavy (non-hydrogen) atoms. The number of hydrogen-bond acceptors (Lipinski definition) is 5. The number of ether oxygens (including phenoxy) is 1. The summed E-state index contributed by atoms with van der Waals surface area (Å²) in [6, 6.07) is 8.12. The van der Waals surface area contributed by atoms with E-state index in [0.29, 0.717) is 40.2 Å². The predicted octanol–water partition coefficient (Wildman–Crippen LogP) is 5.04. The molecule has 158 valence electrons. The Kier molecular flexibility index (Phi) is 5.50. The monoisotopic (exact) mass is 436 g/mol. The maximum absolute atomic E-state index is 12.9. The fraction of sp³-hybridized carbons (Fsp3) is 0.333. The first-order valence-electron chi connectivity index (χ1n) is 9.39. The number of amides is 1. The van der Waals surface area contributed by atoms with Gasteiger partial charge in [-0.25, -0.2) is 0 Å². The third kappa shape index (κ3) is 4.46. The van der Waals surface area contributed by atoms with E-state index in [1.54, 1.807) is 24.3 Å². The Bertz CT molecular complexity index is 1020. The van der Waals surface area contributed by atoms with Gasteiger partial charge in [0.2, 0.25) is 0 Å². The Labute approximate surface area is 175 Å². The molecule has 2 aliphatic heterocycles. The van der Waals surface area contributed by atoms with Crippen molar-refractivity contribution >= 4 is 28.9 Å². The lowest BCUT2D eigenvalue weighted by atomic mass is 10.1. The van der Waals surface area contributed by atoms with E-state index in [2.05, 4.69) is 4.99 Å². The van der Waals surface area contributed by atoms with Crippen LogP contribution < -0.4 is 0 Å². The van der Waals surface area contributed by atoms with Gasteiger partial charge >= 0.3 is 6.18 Å². The van der Waals surface area contributed by atoms with Crippen molar-refractivity contribution in [3.8, 4) is 11.3 Å². The number of morpholine rings is 1. The lowest BCUT2D eigenvalue weighted by Crippen LogP contribution is -2.47. The van der Waals surface area contributed by atoms with Crippen molar-refractivity contribution in [1.29, 1.82) is 0 Å². The number of furan rings is 1. The normalized spacial score (nSPS) is 23.9. The third-order valence-corrected chi connectivity index (χ3v) is 5.72. The van der Waals surface area contributed by atoms with Crippen LogP contribution in [-0.2, 0) is 15.7 Å². The number of alkyl halides is 3. The topological polar surface area (TPSA) is 55.0 Å². The molecule has 2 unspecified atom stereocenters. The van der Waals surface area contributed by atoms with Crippen LogP contribution in [0.25, 0.3) is 17.4 Å². The zero-order valence-corrected chi connectivity index (χ0v) is 17.1. The Morgan fingerprint density at radius 3 is 2.60 bits per heavy atom. The zero-order chi connectivity index (χ0) is 21.5. The molecule has 0 aliphatic carbocycles. The summed E-state index contributed by atoms with van der Waals surface area (Å²) < 4.78 is 50.2. The molecule has 0 spiro atoms. The van der Waals surface area contributed by atoms with Gasteiger partial charge in [0.25, 0.3) is 5.91 Å².